The van der Waals surface area contributed by atoms with E-state index in [0.717, 1.165) is 23.5 Å². The molecule has 0 bridgehead atoms. The molecule has 20 heavy (non-hydrogen) atoms. The molecule has 0 unspecified atom stereocenters. The Hall–Kier alpha value is -0.810. The third kappa shape index (κ3) is 4.63. The summed E-state index contributed by atoms with van der Waals surface area (Å²) in [5.41, 5.74) is 0.516. The molecule has 1 fully saturated rings. The van der Waals surface area contributed by atoms with E-state index < -0.39 is 11.7 Å². The molecule has 1 heterocycles. The number of allylic oxidation sites excluding steroid dienone is 2. The van der Waals surface area contributed by atoms with Crippen LogP contribution in [0.15, 0.2) is 46.2 Å². The van der Waals surface area contributed by atoms with Crippen LogP contribution in [0.4, 0.5) is 13.2 Å². The first-order valence-corrected chi connectivity index (χ1v) is 8.32. The number of rotatable bonds is 3. The minimum Gasteiger partial charge on any atom is -0.166 e. The standard InChI is InChI=1S/C15H15F3S2/c16-15(17,18)13(14-19-10-5-11-20-14)9-4-8-12-6-2-1-3-7-12/h1-4,6-8H,5,9-11H2/b8-4+. The summed E-state index contributed by atoms with van der Waals surface area (Å²) in [5.74, 6) is 1.56. The van der Waals surface area contributed by atoms with Gasteiger partial charge in [0, 0.05) is 4.24 Å². The molecule has 2 rings (SSSR count). The van der Waals surface area contributed by atoms with Gasteiger partial charge in [0.15, 0.2) is 0 Å². The lowest BCUT2D eigenvalue weighted by Gasteiger charge is -2.19. The van der Waals surface area contributed by atoms with Gasteiger partial charge >= 0.3 is 6.18 Å². The molecule has 1 aromatic rings. The molecule has 0 N–H and O–H groups in total. The van der Waals surface area contributed by atoms with Crippen LogP contribution in [0.5, 0.6) is 0 Å². The molecular formula is C15H15F3S2. The predicted molar refractivity (Wildman–Crippen MR) is 82.7 cm³/mol. The zero-order valence-electron chi connectivity index (χ0n) is 10.8. The first-order chi connectivity index (χ1) is 9.57. The monoisotopic (exact) mass is 316 g/mol. The van der Waals surface area contributed by atoms with Gasteiger partial charge in [-0.05, 0) is 29.9 Å². The highest BCUT2D eigenvalue weighted by atomic mass is 32.2. The second-order valence-corrected chi connectivity index (χ2v) is 6.80. The van der Waals surface area contributed by atoms with Crippen molar-refractivity contribution in [2.75, 3.05) is 11.5 Å². The highest BCUT2D eigenvalue weighted by molar-refractivity contribution is 8.22. The van der Waals surface area contributed by atoms with Gasteiger partial charge in [0.25, 0.3) is 0 Å². The van der Waals surface area contributed by atoms with E-state index in [1.807, 2.05) is 30.3 Å². The smallest absolute Gasteiger partial charge is 0.166 e. The molecule has 1 aromatic carbocycles. The second-order valence-electron chi connectivity index (χ2n) is 4.33. The quantitative estimate of drug-likeness (QED) is 0.698. The van der Waals surface area contributed by atoms with Crippen LogP contribution in [0, 0.1) is 0 Å². The van der Waals surface area contributed by atoms with Gasteiger partial charge in [-0.1, -0.05) is 42.5 Å². The Labute approximate surface area is 125 Å². The molecule has 1 saturated heterocycles. The molecule has 0 nitrogen and oxygen atoms in total. The summed E-state index contributed by atoms with van der Waals surface area (Å²) < 4.78 is 39.8. The van der Waals surface area contributed by atoms with E-state index in [0.29, 0.717) is 4.24 Å². The average molecular weight is 316 g/mol. The maximum absolute atomic E-state index is 13.1. The Bertz CT molecular complexity index is 482. The molecule has 1 aliphatic heterocycles. The van der Waals surface area contributed by atoms with Gasteiger partial charge in [-0.2, -0.15) is 13.2 Å². The molecule has 0 radical (unpaired) electrons. The van der Waals surface area contributed by atoms with E-state index in [2.05, 4.69) is 0 Å². The fourth-order valence-electron chi connectivity index (χ4n) is 1.80. The summed E-state index contributed by atoms with van der Waals surface area (Å²) >= 11 is 2.67. The van der Waals surface area contributed by atoms with Crippen LogP contribution in [0.3, 0.4) is 0 Å². The summed E-state index contributed by atoms with van der Waals surface area (Å²) in [5, 5.41) is 0. The third-order valence-corrected chi connectivity index (χ3v) is 5.49. The summed E-state index contributed by atoms with van der Waals surface area (Å²) in [6.45, 7) is 0. The fourth-order valence-corrected chi connectivity index (χ4v) is 4.51. The van der Waals surface area contributed by atoms with Crippen molar-refractivity contribution in [3.8, 4) is 0 Å². The Morgan fingerprint density at radius 2 is 1.75 bits per heavy atom. The molecule has 1 aliphatic rings. The maximum Gasteiger partial charge on any atom is 0.414 e. The van der Waals surface area contributed by atoms with Gasteiger partial charge in [-0.25, -0.2) is 0 Å². The van der Waals surface area contributed by atoms with Gasteiger partial charge in [-0.3, -0.25) is 0 Å². The number of hydrogen-bond acceptors (Lipinski definition) is 2. The Morgan fingerprint density at radius 3 is 2.35 bits per heavy atom. The summed E-state index contributed by atoms with van der Waals surface area (Å²) in [7, 11) is 0. The normalized spacial score (nSPS) is 16.6. The zero-order valence-corrected chi connectivity index (χ0v) is 12.5. The second kappa shape index (κ2) is 7.27. The molecule has 108 valence electrons. The van der Waals surface area contributed by atoms with E-state index in [9.17, 15) is 13.2 Å². The molecule has 0 aromatic heterocycles. The zero-order chi connectivity index (χ0) is 14.4. The Kier molecular flexibility index (Phi) is 5.66. The molecule has 0 spiro atoms. The number of alkyl halides is 3. The van der Waals surface area contributed by atoms with Gasteiger partial charge in [0.05, 0.1) is 5.57 Å². The van der Waals surface area contributed by atoms with Crippen molar-refractivity contribution in [3.05, 3.63) is 51.8 Å². The van der Waals surface area contributed by atoms with Crippen LogP contribution in [0.1, 0.15) is 18.4 Å². The minimum atomic E-state index is -4.24. The third-order valence-electron chi connectivity index (χ3n) is 2.78. The number of benzene rings is 1. The average Bonchev–Trinajstić information content (AvgIpc) is 2.44. The van der Waals surface area contributed by atoms with Crippen molar-refractivity contribution in [2.45, 2.75) is 19.0 Å². The Morgan fingerprint density at radius 1 is 1.10 bits per heavy atom. The number of thioether (sulfide) groups is 2. The van der Waals surface area contributed by atoms with Crippen molar-refractivity contribution in [1.82, 2.24) is 0 Å². The summed E-state index contributed by atoms with van der Waals surface area (Å²) in [6, 6.07) is 9.38. The van der Waals surface area contributed by atoms with Crippen LogP contribution >= 0.6 is 23.5 Å². The highest BCUT2D eigenvalue weighted by Crippen LogP contribution is 2.43. The van der Waals surface area contributed by atoms with Crippen molar-refractivity contribution >= 4 is 29.6 Å². The Balaban J connectivity index is 2.11. The summed E-state index contributed by atoms with van der Waals surface area (Å²) in [4.78, 5) is 0. The predicted octanol–water partition coefficient (Wildman–Crippen LogP) is 5.73. The van der Waals surface area contributed by atoms with Gasteiger partial charge in [0.1, 0.15) is 0 Å². The first kappa shape index (κ1) is 15.6. The molecule has 0 amide bonds. The molecular weight excluding hydrogens is 301 g/mol. The largest absolute Gasteiger partial charge is 0.414 e. The maximum atomic E-state index is 13.1. The SMILES string of the molecule is FC(F)(F)C(C/C=C/c1ccccc1)=C1SCCCS1. The van der Waals surface area contributed by atoms with Crippen molar-refractivity contribution in [2.24, 2.45) is 0 Å². The molecule has 0 atom stereocenters. The van der Waals surface area contributed by atoms with Crippen LogP contribution < -0.4 is 0 Å². The van der Waals surface area contributed by atoms with Crippen molar-refractivity contribution < 1.29 is 13.2 Å². The number of halogens is 3. The van der Waals surface area contributed by atoms with Gasteiger partial charge < -0.3 is 0 Å². The lowest BCUT2D eigenvalue weighted by atomic mass is 10.1. The van der Waals surface area contributed by atoms with E-state index in [1.165, 1.54) is 23.5 Å². The van der Waals surface area contributed by atoms with Crippen LogP contribution in [0.2, 0.25) is 0 Å². The van der Waals surface area contributed by atoms with E-state index in [-0.39, 0.29) is 6.42 Å². The van der Waals surface area contributed by atoms with Gasteiger partial charge in [0.2, 0.25) is 0 Å². The van der Waals surface area contributed by atoms with E-state index in [4.69, 9.17) is 0 Å². The van der Waals surface area contributed by atoms with Crippen molar-refractivity contribution in [3.63, 3.8) is 0 Å². The van der Waals surface area contributed by atoms with Crippen LogP contribution in [-0.4, -0.2) is 17.7 Å². The van der Waals surface area contributed by atoms with Gasteiger partial charge in [-0.15, -0.1) is 23.5 Å². The lowest BCUT2D eigenvalue weighted by molar-refractivity contribution is -0.0928. The van der Waals surface area contributed by atoms with Crippen LogP contribution in [0.25, 0.3) is 6.08 Å². The van der Waals surface area contributed by atoms with Crippen molar-refractivity contribution in [1.29, 1.82) is 0 Å². The highest BCUT2D eigenvalue weighted by Gasteiger charge is 2.36. The molecule has 0 aliphatic carbocycles. The molecule has 0 saturated carbocycles. The van der Waals surface area contributed by atoms with E-state index >= 15 is 0 Å². The first-order valence-electron chi connectivity index (χ1n) is 6.35. The number of hydrogen-bond donors (Lipinski definition) is 0. The lowest BCUT2D eigenvalue weighted by Crippen LogP contribution is -2.14. The molecule has 5 heteroatoms. The summed E-state index contributed by atoms with van der Waals surface area (Å²) in [6.07, 6.45) is 0.0105. The fraction of sp³-hybridized carbons (Fsp3) is 0.333. The topological polar surface area (TPSA) is 0 Å². The van der Waals surface area contributed by atoms with E-state index in [1.54, 1.807) is 12.2 Å². The van der Waals surface area contributed by atoms with Crippen LogP contribution in [-0.2, 0) is 0 Å². The minimum absolute atomic E-state index is 0.0618.